The highest BCUT2D eigenvalue weighted by molar-refractivity contribution is 5.86. The van der Waals surface area contributed by atoms with E-state index in [4.69, 9.17) is 16.2 Å². The van der Waals surface area contributed by atoms with E-state index in [1.54, 1.807) is 0 Å². The van der Waals surface area contributed by atoms with E-state index in [1.807, 2.05) is 0 Å². The summed E-state index contributed by atoms with van der Waals surface area (Å²) in [5, 5.41) is 0.658. The number of halogens is 1. The Kier molecular flexibility index (Phi) is 8.65. The topological polar surface area (TPSA) is 145 Å². The minimum Gasteiger partial charge on any atom is -0.436 e. The largest absolute Gasteiger partial charge is 0.436 e. The Morgan fingerprint density at radius 3 is 2.32 bits per heavy atom. The van der Waals surface area contributed by atoms with Crippen molar-refractivity contribution in [3.8, 4) is 0 Å². The third-order valence-electron chi connectivity index (χ3n) is 4.07. The number of nitrogens with two attached hydrogens (primary N) is 2. The minimum absolute atomic E-state index is 0.194. The van der Waals surface area contributed by atoms with Crippen LogP contribution in [-0.2, 0) is 19.1 Å². The second-order valence-electron chi connectivity index (χ2n) is 6.04. The van der Waals surface area contributed by atoms with Crippen LogP contribution in [0.2, 0.25) is 0 Å². The van der Waals surface area contributed by atoms with Crippen LogP contribution in [0.4, 0.5) is 9.18 Å². The number of carbonyl (C=O) groups is 4. The van der Waals surface area contributed by atoms with E-state index in [-0.39, 0.29) is 25.3 Å². The third kappa shape index (κ3) is 7.81. The van der Waals surface area contributed by atoms with Gasteiger partial charge < -0.3 is 16.2 Å². The predicted molar refractivity (Wildman–Crippen MR) is 85.3 cm³/mol. The summed E-state index contributed by atoms with van der Waals surface area (Å²) >= 11 is 0. The zero-order chi connectivity index (χ0) is 18.8. The van der Waals surface area contributed by atoms with Crippen LogP contribution >= 0.6 is 0 Å². The molecule has 0 heterocycles. The van der Waals surface area contributed by atoms with Gasteiger partial charge in [-0.1, -0.05) is 32.1 Å². The monoisotopic (exact) mass is 360 g/mol. The van der Waals surface area contributed by atoms with Gasteiger partial charge in [0, 0.05) is 6.42 Å². The van der Waals surface area contributed by atoms with Crippen LogP contribution in [-0.4, -0.2) is 48.1 Å². The van der Waals surface area contributed by atoms with Gasteiger partial charge in [0.25, 0.3) is 11.8 Å². The molecular formula is C15H25FN4O5. The number of nitrogens with one attached hydrogen (secondary N) is 1. The molecule has 1 saturated carbocycles. The Hall–Kier alpha value is -2.39. The Morgan fingerprint density at radius 2 is 1.80 bits per heavy atom. The first-order valence-corrected chi connectivity index (χ1v) is 8.24. The van der Waals surface area contributed by atoms with Gasteiger partial charge in [0.1, 0.15) is 0 Å². The highest BCUT2D eigenvalue weighted by Gasteiger charge is 2.29. The maximum Gasteiger partial charge on any atom is 0.405 e. The maximum atomic E-state index is 12.6. The fourth-order valence-electron chi connectivity index (χ4n) is 2.82. The number of rotatable bonds is 8. The molecular weight excluding hydrogens is 335 g/mol. The lowest BCUT2D eigenvalue weighted by molar-refractivity contribution is -0.146. The number of ether oxygens (including phenoxy) is 1. The van der Waals surface area contributed by atoms with E-state index >= 15 is 0 Å². The Bertz CT molecular complexity index is 496. The van der Waals surface area contributed by atoms with Gasteiger partial charge in [-0.25, -0.2) is 9.18 Å². The zero-order valence-electron chi connectivity index (χ0n) is 14.0. The number of alkyl halides is 1. The van der Waals surface area contributed by atoms with Crippen LogP contribution < -0.4 is 16.9 Å². The van der Waals surface area contributed by atoms with Gasteiger partial charge in [0.2, 0.25) is 5.91 Å². The minimum atomic E-state index is -1.36. The summed E-state index contributed by atoms with van der Waals surface area (Å²) in [5.41, 5.74) is 12.2. The lowest BCUT2D eigenvalue weighted by atomic mass is 9.85. The molecule has 25 heavy (non-hydrogen) atoms. The molecule has 0 aromatic carbocycles. The highest BCUT2D eigenvalue weighted by atomic mass is 19.1. The van der Waals surface area contributed by atoms with Gasteiger partial charge in [0.05, 0.1) is 6.54 Å². The number of primary amides is 2. The normalized spacial score (nSPS) is 15.9. The first-order chi connectivity index (χ1) is 11.8. The fourth-order valence-corrected chi connectivity index (χ4v) is 2.82. The summed E-state index contributed by atoms with van der Waals surface area (Å²) < 4.78 is 17.5. The second kappa shape index (κ2) is 10.5. The van der Waals surface area contributed by atoms with Crippen molar-refractivity contribution in [2.45, 2.75) is 51.0 Å². The lowest BCUT2D eigenvalue weighted by Crippen LogP contribution is -2.52. The average molecular weight is 360 g/mol. The molecule has 0 saturated heterocycles. The van der Waals surface area contributed by atoms with Gasteiger partial charge in [-0.3, -0.25) is 24.8 Å². The summed E-state index contributed by atoms with van der Waals surface area (Å²) in [7, 11) is 0. The molecule has 0 radical (unpaired) electrons. The quantitative estimate of drug-likeness (QED) is 0.527. The highest BCUT2D eigenvalue weighted by Crippen LogP contribution is 2.28. The molecule has 0 aromatic heterocycles. The van der Waals surface area contributed by atoms with Crippen LogP contribution in [0, 0.1) is 5.92 Å². The molecule has 5 N–H and O–H groups in total. The van der Waals surface area contributed by atoms with Crippen LogP contribution in [0.25, 0.3) is 0 Å². The van der Waals surface area contributed by atoms with Crippen molar-refractivity contribution >= 4 is 23.8 Å². The summed E-state index contributed by atoms with van der Waals surface area (Å²) in [6.45, 7) is -1.64. The summed E-state index contributed by atoms with van der Waals surface area (Å²) in [5.74, 6) is -2.35. The van der Waals surface area contributed by atoms with E-state index < -0.39 is 36.6 Å². The molecule has 1 fully saturated rings. The van der Waals surface area contributed by atoms with Crippen molar-refractivity contribution < 1.29 is 28.3 Å². The molecule has 1 aliphatic carbocycles. The Morgan fingerprint density at radius 1 is 1.16 bits per heavy atom. The number of hydrogen-bond donors (Lipinski definition) is 3. The first-order valence-electron chi connectivity index (χ1n) is 8.24. The molecule has 1 rings (SSSR count). The average Bonchev–Trinajstić information content (AvgIpc) is 2.57. The number of amides is 4. The van der Waals surface area contributed by atoms with Crippen molar-refractivity contribution in [3.63, 3.8) is 0 Å². The zero-order valence-corrected chi connectivity index (χ0v) is 14.0. The molecule has 0 aromatic rings. The Balaban J connectivity index is 2.72. The molecule has 9 nitrogen and oxygen atoms in total. The number of hydrazine groups is 1. The van der Waals surface area contributed by atoms with Crippen LogP contribution in [0.5, 0.6) is 0 Å². The van der Waals surface area contributed by atoms with Gasteiger partial charge in [-0.2, -0.15) is 0 Å². The molecule has 0 bridgehead atoms. The standard InChI is InChI=1S/C15H25FN4O5/c16-9-13(22)20(7-6-12(17)21)19-14(23)11(25-15(18)24)8-10-4-2-1-3-5-10/h10-11H,1-9H2,(H2,17,21)(H2,18,24)(H,19,23)/t11-/m0/s1. The van der Waals surface area contributed by atoms with E-state index in [0.717, 1.165) is 32.1 Å². The van der Waals surface area contributed by atoms with E-state index in [9.17, 15) is 23.6 Å². The first kappa shape index (κ1) is 20.7. The van der Waals surface area contributed by atoms with Gasteiger partial charge in [-0.05, 0) is 12.3 Å². The second-order valence-corrected chi connectivity index (χ2v) is 6.04. The van der Waals surface area contributed by atoms with E-state index in [0.29, 0.717) is 5.01 Å². The van der Waals surface area contributed by atoms with Crippen LogP contribution in [0.3, 0.4) is 0 Å². The molecule has 1 atom stereocenters. The van der Waals surface area contributed by atoms with Crippen molar-refractivity contribution in [3.05, 3.63) is 0 Å². The third-order valence-corrected chi connectivity index (χ3v) is 4.07. The molecule has 1 aliphatic rings. The van der Waals surface area contributed by atoms with Crippen LogP contribution in [0.15, 0.2) is 0 Å². The molecule has 0 aliphatic heterocycles. The number of carbonyl (C=O) groups excluding carboxylic acids is 4. The maximum absolute atomic E-state index is 12.6. The van der Waals surface area contributed by atoms with Crippen molar-refractivity contribution in [2.24, 2.45) is 17.4 Å². The van der Waals surface area contributed by atoms with Crippen molar-refractivity contribution in [1.82, 2.24) is 10.4 Å². The van der Waals surface area contributed by atoms with Crippen molar-refractivity contribution in [1.29, 1.82) is 0 Å². The summed E-state index contributed by atoms with van der Waals surface area (Å²) in [4.78, 5) is 45.8. The molecule has 0 spiro atoms. The number of nitrogens with zero attached hydrogens (tertiary/aromatic N) is 1. The van der Waals surface area contributed by atoms with Crippen molar-refractivity contribution in [2.75, 3.05) is 13.2 Å². The molecule has 4 amide bonds. The molecule has 0 unspecified atom stereocenters. The van der Waals surface area contributed by atoms with E-state index in [1.165, 1.54) is 0 Å². The smallest absolute Gasteiger partial charge is 0.405 e. The van der Waals surface area contributed by atoms with Crippen LogP contribution in [0.1, 0.15) is 44.9 Å². The lowest BCUT2D eigenvalue weighted by Gasteiger charge is -2.28. The number of hydrogen-bond acceptors (Lipinski definition) is 5. The summed E-state index contributed by atoms with van der Waals surface area (Å²) in [6, 6.07) is 0. The van der Waals surface area contributed by atoms with Gasteiger partial charge in [0.15, 0.2) is 12.8 Å². The fraction of sp³-hybridized carbons (Fsp3) is 0.733. The molecule has 10 heteroatoms. The van der Waals surface area contributed by atoms with Gasteiger partial charge >= 0.3 is 6.09 Å². The SMILES string of the molecule is NC(=O)CCN(NC(=O)[C@H](CC1CCCCC1)OC(N)=O)C(=O)CF. The predicted octanol–water partition coefficient (Wildman–Crippen LogP) is 0.125. The summed E-state index contributed by atoms with van der Waals surface area (Å²) in [6.07, 6.45) is 2.69. The van der Waals surface area contributed by atoms with Gasteiger partial charge in [-0.15, -0.1) is 0 Å². The Labute approximate surface area is 145 Å². The molecule has 142 valence electrons. The van der Waals surface area contributed by atoms with E-state index in [2.05, 4.69) is 5.43 Å².